The Hall–Kier alpha value is -2.24. The van der Waals surface area contributed by atoms with Crippen molar-refractivity contribution in [2.45, 2.75) is 56.8 Å². The Morgan fingerprint density at radius 3 is 2.37 bits per heavy atom. The maximum Gasteiger partial charge on any atom is 0.233 e. The summed E-state index contributed by atoms with van der Waals surface area (Å²) in [6.07, 6.45) is 10.4. The van der Waals surface area contributed by atoms with Crippen LogP contribution in [0.5, 0.6) is 5.88 Å². The van der Waals surface area contributed by atoms with Gasteiger partial charge in [-0.3, -0.25) is 0 Å². The highest BCUT2D eigenvalue weighted by atomic mass is 16.5. The number of rotatable bonds is 6. The predicted octanol–water partition coefficient (Wildman–Crippen LogP) is 3.71. The summed E-state index contributed by atoms with van der Waals surface area (Å²) in [7, 11) is 0. The number of nitrogens with zero attached hydrogens (tertiary/aromatic N) is 5. The van der Waals surface area contributed by atoms with Crippen LogP contribution in [0.1, 0.15) is 68.2 Å². The molecular weight excluding hydrogens is 338 g/mol. The molecule has 0 amide bonds. The van der Waals surface area contributed by atoms with E-state index in [0.717, 1.165) is 44.0 Å². The van der Waals surface area contributed by atoms with Crippen LogP contribution in [0.3, 0.4) is 0 Å². The van der Waals surface area contributed by atoms with E-state index in [1.807, 2.05) is 6.07 Å². The number of anilines is 1. The van der Waals surface area contributed by atoms with E-state index in [1.165, 1.54) is 37.8 Å². The highest BCUT2D eigenvalue weighted by Crippen LogP contribution is 2.39. The molecule has 2 saturated carbocycles. The molecule has 0 aromatic carbocycles. The number of piperidine rings is 1. The second-order valence-corrected chi connectivity index (χ2v) is 8.24. The van der Waals surface area contributed by atoms with Crippen molar-refractivity contribution in [1.29, 1.82) is 0 Å². The first kappa shape index (κ1) is 16.9. The minimum Gasteiger partial charge on any atom is -0.476 e. The van der Waals surface area contributed by atoms with Gasteiger partial charge in [0.2, 0.25) is 5.88 Å². The lowest BCUT2D eigenvalue weighted by atomic mass is 9.83. The number of ether oxygens (including phenoxy) is 1. The Labute approximate surface area is 160 Å². The topological polar surface area (TPSA) is 64.0 Å². The van der Waals surface area contributed by atoms with E-state index in [9.17, 15) is 0 Å². The van der Waals surface area contributed by atoms with E-state index in [2.05, 4.69) is 37.2 Å². The zero-order valence-electron chi connectivity index (χ0n) is 15.8. The van der Waals surface area contributed by atoms with Crippen molar-refractivity contribution in [3.05, 3.63) is 35.9 Å². The number of aromatic nitrogens is 4. The van der Waals surface area contributed by atoms with Crippen LogP contribution in [-0.2, 0) is 0 Å². The molecule has 5 rings (SSSR count). The molecule has 2 aliphatic carbocycles. The van der Waals surface area contributed by atoms with E-state index < -0.39 is 0 Å². The summed E-state index contributed by atoms with van der Waals surface area (Å²) in [6, 6.07) is 6.24. The van der Waals surface area contributed by atoms with E-state index in [-0.39, 0.29) is 0 Å². The van der Waals surface area contributed by atoms with Gasteiger partial charge in [0.25, 0.3) is 0 Å². The molecule has 6 nitrogen and oxygen atoms in total. The third kappa shape index (κ3) is 3.89. The van der Waals surface area contributed by atoms with Crippen LogP contribution < -0.4 is 9.64 Å². The van der Waals surface area contributed by atoms with Gasteiger partial charge in [-0.2, -0.15) is 5.10 Å². The minimum atomic E-state index is 0.569. The van der Waals surface area contributed by atoms with Crippen LogP contribution in [0.25, 0.3) is 0 Å². The van der Waals surface area contributed by atoms with Crippen LogP contribution in [0.4, 0.5) is 5.82 Å². The molecule has 2 aromatic rings. The highest BCUT2D eigenvalue weighted by molar-refractivity contribution is 5.40. The normalized spacial score (nSPS) is 21.1. The standard InChI is InChI=1S/C21H27N5O/c1-2-16(3-1)19-12-20(23-14-22-19)26-10-8-15(9-11-26)13-27-21-7-6-18(24-25-21)17-4-5-17/h6-7,12,14-17H,1-5,8-11,13H2. The van der Waals surface area contributed by atoms with Gasteiger partial charge in [0.15, 0.2) is 0 Å². The first-order chi connectivity index (χ1) is 13.3. The Bertz CT molecular complexity index is 764. The van der Waals surface area contributed by atoms with E-state index in [4.69, 9.17) is 4.74 Å². The van der Waals surface area contributed by atoms with Gasteiger partial charge in [-0.25, -0.2) is 9.97 Å². The van der Waals surface area contributed by atoms with Gasteiger partial charge >= 0.3 is 0 Å². The number of hydrogen-bond acceptors (Lipinski definition) is 6. The Kier molecular flexibility index (Phi) is 4.64. The van der Waals surface area contributed by atoms with E-state index >= 15 is 0 Å². The van der Waals surface area contributed by atoms with Crippen LogP contribution in [0.15, 0.2) is 24.5 Å². The lowest BCUT2D eigenvalue weighted by Crippen LogP contribution is -2.36. The largest absolute Gasteiger partial charge is 0.476 e. The van der Waals surface area contributed by atoms with Crippen molar-refractivity contribution in [2.75, 3.05) is 24.6 Å². The van der Waals surface area contributed by atoms with E-state index in [1.54, 1.807) is 6.33 Å². The smallest absolute Gasteiger partial charge is 0.233 e. The molecule has 3 fully saturated rings. The average Bonchev–Trinajstić information content (AvgIpc) is 3.51. The molecule has 27 heavy (non-hydrogen) atoms. The van der Waals surface area contributed by atoms with Crippen molar-refractivity contribution < 1.29 is 4.74 Å². The monoisotopic (exact) mass is 365 g/mol. The lowest BCUT2D eigenvalue weighted by molar-refractivity contribution is 0.214. The maximum atomic E-state index is 5.90. The van der Waals surface area contributed by atoms with Gasteiger partial charge in [-0.1, -0.05) is 6.42 Å². The quantitative estimate of drug-likeness (QED) is 0.778. The summed E-state index contributed by atoms with van der Waals surface area (Å²) in [5.74, 6) is 3.61. The summed E-state index contributed by atoms with van der Waals surface area (Å²) in [5, 5.41) is 8.52. The third-order valence-corrected chi connectivity index (χ3v) is 6.26. The first-order valence-corrected chi connectivity index (χ1v) is 10.4. The molecule has 3 aliphatic rings. The molecule has 0 unspecified atom stereocenters. The van der Waals surface area contributed by atoms with Crippen LogP contribution in [0.2, 0.25) is 0 Å². The summed E-state index contributed by atoms with van der Waals surface area (Å²) in [6.45, 7) is 2.78. The molecule has 0 radical (unpaired) electrons. The van der Waals surface area contributed by atoms with Gasteiger partial charge in [0.1, 0.15) is 12.1 Å². The Morgan fingerprint density at radius 1 is 0.889 bits per heavy atom. The molecule has 2 aromatic heterocycles. The molecular formula is C21H27N5O. The predicted molar refractivity (Wildman–Crippen MR) is 103 cm³/mol. The van der Waals surface area contributed by atoms with Gasteiger partial charge in [-0.05, 0) is 50.5 Å². The molecule has 142 valence electrons. The van der Waals surface area contributed by atoms with Crippen molar-refractivity contribution in [3.8, 4) is 5.88 Å². The molecule has 0 atom stereocenters. The Morgan fingerprint density at radius 2 is 1.70 bits per heavy atom. The molecule has 0 bridgehead atoms. The molecule has 0 N–H and O–H groups in total. The van der Waals surface area contributed by atoms with Crippen LogP contribution in [-0.4, -0.2) is 39.9 Å². The average molecular weight is 365 g/mol. The maximum absolute atomic E-state index is 5.90. The molecule has 1 saturated heterocycles. The zero-order valence-corrected chi connectivity index (χ0v) is 15.8. The summed E-state index contributed by atoms with van der Waals surface area (Å²) in [4.78, 5) is 11.4. The second-order valence-electron chi connectivity index (χ2n) is 8.24. The SMILES string of the molecule is c1nc(C2CCC2)cc(N2CCC(COc3ccc(C4CC4)nn3)CC2)n1. The van der Waals surface area contributed by atoms with Gasteiger partial charge in [0, 0.05) is 42.8 Å². The van der Waals surface area contributed by atoms with Crippen molar-refractivity contribution in [1.82, 2.24) is 20.2 Å². The summed E-state index contributed by atoms with van der Waals surface area (Å²) < 4.78 is 5.90. The lowest BCUT2D eigenvalue weighted by Gasteiger charge is -2.33. The molecule has 1 aliphatic heterocycles. The number of hydrogen-bond donors (Lipinski definition) is 0. The van der Waals surface area contributed by atoms with Crippen LogP contribution in [0, 0.1) is 5.92 Å². The van der Waals surface area contributed by atoms with Gasteiger partial charge in [0.05, 0.1) is 12.3 Å². The fourth-order valence-electron chi connectivity index (χ4n) is 4.00. The van der Waals surface area contributed by atoms with Crippen LogP contribution >= 0.6 is 0 Å². The van der Waals surface area contributed by atoms with Gasteiger partial charge < -0.3 is 9.64 Å². The summed E-state index contributed by atoms with van der Waals surface area (Å²) >= 11 is 0. The fourth-order valence-corrected chi connectivity index (χ4v) is 4.00. The molecule has 3 heterocycles. The van der Waals surface area contributed by atoms with Gasteiger partial charge in [-0.15, -0.1) is 5.10 Å². The first-order valence-electron chi connectivity index (χ1n) is 10.4. The van der Waals surface area contributed by atoms with Crippen molar-refractivity contribution in [2.24, 2.45) is 5.92 Å². The minimum absolute atomic E-state index is 0.569. The highest BCUT2D eigenvalue weighted by Gasteiger charge is 2.26. The van der Waals surface area contributed by atoms with Crippen molar-refractivity contribution in [3.63, 3.8) is 0 Å². The second kappa shape index (κ2) is 7.41. The third-order valence-electron chi connectivity index (χ3n) is 6.26. The zero-order chi connectivity index (χ0) is 18.1. The molecule has 0 spiro atoms. The Balaban J connectivity index is 1.11. The van der Waals surface area contributed by atoms with Crippen molar-refractivity contribution >= 4 is 5.82 Å². The van der Waals surface area contributed by atoms with E-state index in [0.29, 0.717) is 23.6 Å². The summed E-state index contributed by atoms with van der Waals surface area (Å²) in [5.41, 5.74) is 2.34. The fraction of sp³-hybridized carbons (Fsp3) is 0.619. The molecule has 6 heteroatoms.